The number of hydrogen-bond acceptors (Lipinski definition) is 6. The third-order valence-corrected chi connectivity index (χ3v) is 4.26. The molecule has 0 unspecified atom stereocenters. The second-order valence-corrected chi connectivity index (χ2v) is 5.98. The summed E-state index contributed by atoms with van der Waals surface area (Å²) in [6.45, 7) is -0.795. The first-order valence-electron chi connectivity index (χ1n) is 7.26. The van der Waals surface area contributed by atoms with E-state index >= 15 is 0 Å². The highest BCUT2D eigenvalue weighted by atomic mass is 35.5. The molecule has 0 radical (unpaired) electrons. The number of rotatable bonds is 6. The molecule has 138 valence electrons. The molecule has 10 heteroatoms. The summed E-state index contributed by atoms with van der Waals surface area (Å²) in [7, 11) is 2.83. The van der Waals surface area contributed by atoms with E-state index in [-0.39, 0.29) is 28.1 Å². The molecule has 1 amide bonds. The average molecular weight is 399 g/mol. The van der Waals surface area contributed by atoms with E-state index < -0.39 is 24.5 Å². The highest BCUT2D eigenvalue weighted by molar-refractivity contribution is 7.80. The fourth-order valence-corrected chi connectivity index (χ4v) is 2.65. The number of carbonyl (C=O) groups excluding carboxylic acids is 2. The number of likely N-dealkylation sites (N-methyl/N-ethyl adjacent to an activating group) is 1. The predicted octanol–water partition coefficient (Wildman–Crippen LogP) is 1.38. The number of carboxylic acids is 1. The number of nitrogens with zero attached hydrogens (tertiary/aromatic N) is 2. The Balaban J connectivity index is 2.24. The number of thiocarbonyl (C=S) groups is 1. The number of esters is 1. The third-order valence-electron chi connectivity index (χ3n) is 3.47. The van der Waals surface area contributed by atoms with Crippen molar-refractivity contribution in [2.75, 3.05) is 27.3 Å². The highest BCUT2D eigenvalue weighted by Gasteiger charge is 2.37. The van der Waals surface area contributed by atoms with Crippen molar-refractivity contribution in [3.8, 4) is 5.75 Å². The van der Waals surface area contributed by atoms with Gasteiger partial charge in [0.1, 0.15) is 18.0 Å². The lowest BCUT2D eigenvalue weighted by Crippen LogP contribution is -2.36. The number of methoxy groups -OCH3 is 1. The minimum absolute atomic E-state index is 0.180. The first kappa shape index (κ1) is 19.7. The summed E-state index contributed by atoms with van der Waals surface area (Å²) in [6, 6.07) is 4.64. The number of halogens is 1. The van der Waals surface area contributed by atoms with Crippen LogP contribution in [0.25, 0.3) is 6.08 Å². The smallest absolute Gasteiger partial charge is 0.341 e. The third kappa shape index (κ3) is 4.30. The molecule has 1 saturated heterocycles. The fraction of sp³-hybridized carbons (Fsp3) is 0.250. The van der Waals surface area contributed by atoms with Crippen LogP contribution in [0.15, 0.2) is 23.9 Å². The second kappa shape index (κ2) is 8.15. The van der Waals surface area contributed by atoms with Gasteiger partial charge >= 0.3 is 11.9 Å². The summed E-state index contributed by atoms with van der Waals surface area (Å²) in [6.07, 6.45) is 1.55. The van der Waals surface area contributed by atoms with Gasteiger partial charge < -0.3 is 19.5 Å². The van der Waals surface area contributed by atoms with Crippen LogP contribution in [0, 0.1) is 0 Å². The Morgan fingerprint density at radius 2 is 2.08 bits per heavy atom. The Morgan fingerprint density at radius 3 is 2.65 bits per heavy atom. The zero-order chi connectivity index (χ0) is 19.4. The first-order chi connectivity index (χ1) is 12.2. The van der Waals surface area contributed by atoms with E-state index in [2.05, 4.69) is 4.74 Å². The molecule has 0 aliphatic carbocycles. The Morgan fingerprint density at radius 1 is 1.38 bits per heavy atom. The van der Waals surface area contributed by atoms with Crippen molar-refractivity contribution < 1.29 is 29.0 Å². The maximum atomic E-state index is 12.5. The summed E-state index contributed by atoms with van der Waals surface area (Å²) in [5, 5.41) is 9.00. The zero-order valence-electron chi connectivity index (χ0n) is 13.9. The molecule has 1 fully saturated rings. The molecule has 2 rings (SSSR count). The molecule has 0 saturated carbocycles. The van der Waals surface area contributed by atoms with Crippen molar-refractivity contribution in [2.24, 2.45) is 0 Å². The van der Waals surface area contributed by atoms with Crippen LogP contribution in [0.1, 0.15) is 5.56 Å². The Hall–Kier alpha value is -2.65. The van der Waals surface area contributed by atoms with Gasteiger partial charge in [0.25, 0.3) is 5.91 Å². The molecule has 1 heterocycles. The van der Waals surface area contributed by atoms with Crippen LogP contribution in [-0.4, -0.2) is 65.2 Å². The average Bonchev–Trinajstić information content (AvgIpc) is 2.78. The van der Waals surface area contributed by atoms with Crippen molar-refractivity contribution in [1.82, 2.24) is 9.80 Å². The van der Waals surface area contributed by atoms with Crippen molar-refractivity contribution in [3.63, 3.8) is 0 Å². The highest BCUT2D eigenvalue weighted by Crippen LogP contribution is 2.28. The SMILES string of the molecule is COC(=O)CN1C(=O)/C(=C/c2ccc(OCC(=O)O)c(Cl)c2)N(C)C1=S. The van der Waals surface area contributed by atoms with Crippen LogP contribution in [0.2, 0.25) is 5.02 Å². The largest absolute Gasteiger partial charge is 0.480 e. The molecule has 0 bridgehead atoms. The van der Waals surface area contributed by atoms with Gasteiger partial charge in [-0.15, -0.1) is 0 Å². The molecule has 0 aromatic heterocycles. The van der Waals surface area contributed by atoms with Crippen molar-refractivity contribution in [1.29, 1.82) is 0 Å². The Labute approximate surface area is 159 Å². The monoisotopic (exact) mass is 398 g/mol. The molecule has 8 nitrogen and oxygen atoms in total. The van der Waals surface area contributed by atoms with Gasteiger partial charge in [0.15, 0.2) is 11.7 Å². The van der Waals surface area contributed by atoms with Crippen LogP contribution < -0.4 is 4.74 Å². The number of benzene rings is 1. The van der Waals surface area contributed by atoms with Crippen LogP contribution in [0.5, 0.6) is 5.75 Å². The van der Waals surface area contributed by atoms with Gasteiger partial charge in [0.05, 0.1) is 12.1 Å². The van der Waals surface area contributed by atoms with E-state index in [0.717, 1.165) is 4.90 Å². The fourth-order valence-electron chi connectivity index (χ4n) is 2.17. The standard InChI is InChI=1S/C16H15ClN2O6S/c1-18-11(15(23)19(16(18)26)7-14(22)24-2)6-9-3-4-12(10(17)5-9)25-8-13(20)21/h3-6H,7-8H2,1-2H3,(H,20,21)/b11-6-. The number of aliphatic carboxylic acids is 1. The van der Waals surface area contributed by atoms with Gasteiger partial charge in [-0.25, -0.2) is 4.79 Å². The minimum atomic E-state index is -1.12. The van der Waals surface area contributed by atoms with Crippen LogP contribution in [0.4, 0.5) is 0 Å². The lowest BCUT2D eigenvalue weighted by molar-refractivity contribution is -0.143. The van der Waals surface area contributed by atoms with E-state index in [1.165, 1.54) is 24.1 Å². The molecular weight excluding hydrogens is 384 g/mol. The summed E-state index contributed by atoms with van der Waals surface area (Å²) >= 11 is 11.3. The first-order valence-corrected chi connectivity index (χ1v) is 8.05. The summed E-state index contributed by atoms with van der Waals surface area (Å²) in [4.78, 5) is 37.1. The van der Waals surface area contributed by atoms with Gasteiger partial charge in [0.2, 0.25) is 0 Å². The van der Waals surface area contributed by atoms with Gasteiger partial charge in [-0.2, -0.15) is 0 Å². The van der Waals surface area contributed by atoms with Gasteiger partial charge in [-0.05, 0) is 36.0 Å². The maximum Gasteiger partial charge on any atom is 0.341 e. The lowest BCUT2D eigenvalue weighted by atomic mass is 10.1. The van der Waals surface area contributed by atoms with Crippen LogP contribution >= 0.6 is 23.8 Å². The van der Waals surface area contributed by atoms with Gasteiger partial charge in [-0.1, -0.05) is 17.7 Å². The summed E-state index contributed by atoms with van der Waals surface area (Å²) in [5.74, 6) is -1.93. The van der Waals surface area contributed by atoms with Crippen molar-refractivity contribution in [2.45, 2.75) is 0 Å². The molecule has 1 aromatic rings. The molecule has 0 spiro atoms. The van der Waals surface area contributed by atoms with E-state index in [1.807, 2.05) is 0 Å². The van der Waals surface area contributed by atoms with E-state index in [1.54, 1.807) is 19.2 Å². The zero-order valence-corrected chi connectivity index (χ0v) is 15.5. The van der Waals surface area contributed by atoms with Gasteiger partial charge in [-0.3, -0.25) is 14.5 Å². The molecule has 1 aliphatic rings. The normalized spacial score (nSPS) is 15.6. The predicted molar refractivity (Wildman–Crippen MR) is 96.6 cm³/mol. The quantitative estimate of drug-likeness (QED) is 0.436. The summed E-state index contributed by atoms with van der Waals surface area (Å²) in [5.41, 5.74) is 0.838. The maximum absolute atomic E-state index is 12.5. The molecule has 26 heavy (non-hydrogen) atoms. The lowest BCUT2D eigenvalue weighted by Gasteiger charge is -2.14. The molecular formula is C16H15ClN2O6S. The number of hydrogen-bond donors (Lipinski definition) is 1. The van der Waals surface area contributed by atoms with Crippen molar-refractivity contribution in [3.05, 3.63) is 34.5 Å². The van der Waals surface area contributed by atoms with Gasteiger partial charge in [0, 0.05) is 7.05 Å². The minimum Gasteiger partial charge on any atom is -0.480 e. The van der Waals surface area contributed by atoms with Crippen LogP contribution in [0.3, 0.4) is 0 Å². The molecule has 1 aliphatic heterocycles. The van der Waals surface area contributed by atoms with Crippen LogP contribution in [-0.2, 0) is 19.1 Å². The number of ether oxygens (including phenoxy) is 2. The molecule has 1 N–H and O–H groups in total. The Kier molecular flexibility index (Phi) is 6.17. The molecule has 0 atom stereocenters. The summed E-state index contributed by atoms with van der Waals surface area (Å²) < 4.78 is 9.61. The van der Waals surface area contributed by atoms with E-state index in [9.17, 15) is 14.4 Å². The topological polar surface area (TPSA) is 96.4 Å². The number of amides is 1. The molecule has 1 aromatic carbocycles. The Bertz CT molecular complexity index is 810. The number of carbonyl (C=O) groups is 3. The van der Waals surface area contributed by atoms with E-state index in [4.69, 9.17) is 33.7 Å². The number of carboxylic acid groups (broad SMARTS) is 1. The second-order valence-electron chi connectivity index (χ2n) is 5.21. The van der Waals surface area contributed by atoms with Crippen molar-refractivity contribution >= 4 is 52.9 Å². The van der Waals surface area contributed by atoms with E-state index in [0.29, 0.717) is 5.56 Å².